The second kappa shape index (κ2) is 4.22. The fourth-order valence-corrected chi connectivity index (χ4v) is 2.50. The van der Waals surface area contributed by atoms with Crippen molar-refractivity contribution in [3.63, 3.8) is 0 Å². The van der Waals surface area contributed by atoms with Crippen LogP contribution in [-0.2, 0) is 12.0 Å². The van der Waals surface area contributed by atoms with Crippen molar-refractivity contribution >= 4 is 11.3 Å². The molecule has 0 spiro atoms. The average Bonchev–Trinajstić information content (AvgIpc) is 2.48. The van der Waals surface area contributed by atoms with Crippen LogP contribution in [0.25, 0.3) is 0 Å². The molecule has 0 unspecified atom stereocenters. The normalized spacial score (nSPS) is 17.8. The fraction of sp³-hybridized carbons (Fsp3) is 0.750. The van der Waals surface area contributed by atoms with Crippen LogP contribution in [0.5, 0.6) is 0 Å². The highest BCUT2D eigenvalue weighted by molar-refractivity contribution is 7.09. The number of rotatable bonds is 3. The van der Waals surface area contributed by atoms with E-state index in [0.717, 1.165) is 12.6 Å². The third-order valence-electron chi connectivity index (χ3n) is 2.87. The van der Waals surface area contributed by atoms with Crippen LogP contribution in [0.2, 0.25) is 0 Å². The highest BCUT2D eigenvalue weighted by Gasteiger charge is 2.19. The lowest BCUT2D eigenvalue weighted by molar-refractivity contribution is 0.337. The number of nitrogens with zero attached hydrogens (tertiary/aromatic N) is 1. The minimum atomic E-state index is 0.194. The molecule has 84 valence electrons. The van der Waals surface area contributed by atoms with Gasteiger partial charge in [0.15, 0.2) is 0 Å². The van der Waals surface area contributed by atoms with E-state index in [9.17, 15) is 0 Å². The van der Waals surface area contributed by atoms with Crippen molar-refractivity contribution in [3.05, 3.63) is 16.1 Å². The lowest BCUT2D eigenvalue weighted by atomic mass is 9.93. The number of thiazole rings is 1. The van der Waals surface area contributed by atoms with Gasteiger partial charge in [-0.15, -0.1) is 11.3 Å². The maximum Gasteiger partial charge on any atom is 0.0982 e. The summed E-state index contributed by atoms with van der Waals surface area (Å²) in [6, 6.07) is 0.754. The second-order valence-electron chi connectivity index (χ2n) is 5.40. The second-order valence-corrected chi connectivity index (χ2v) is 6.26. The molecule has 1 aliphatic rings. The van der Waals surface area contributed by atoms with Crippen LogP contribution >= 0.6 is 11.3 Å². The fourth-order valence-electron chi connectivity index (χ4n) is 1.59. The van der Waals surface area contributed by atoms with Crippen molar-refractivity contribution < 1.29 is 0 Å². The Labute approximate surface area is 96.1 Å². The van der Waals surface area contributed by atoms with Gasteiger partial charge in [-0.1, -0.05) is 27.2 Å². The summed E-state index contributed by atoms with van der Waals surface area (Å²) in [5.74, 6) is 0. The Hall–Kier alpha value is -0.410. The van der Waals surface area contributed by atoms with Crippen molar-refractivity contribution in [2.24, 2.45) is 0 Å². The Morgan fingerprint density at radius 1 is 1.47 bits per heavy atom. The zero-order valence-corrected chi connectivity index (χ0v) is 10.7. The van der Waals surface area contributed by atoms with E-state index in [-0.39, 0.29) is 5.41 Å². The van der Waals surface area contributed by atoms with Gasteiger partial charge in [-0.2, -0.15) is 0 Å². The van der Waals surface area contributed by atoms with Gasteiger partial charge >= 0.3 is 0 Å². The smallest absolute Gasteiger partial charge is 0.0982 e. The molecule has 1 N–H and O–H groups in total. The van der Waals surface area contributed by atoms with Crippen molar-refractivity contribution in [2.75, 3.05) is 0 Å². The first-order valence-corrected chi connectivity index (χ1v) is 6.62. The van der Waals surface area contributed by atoms with Crippen molar-refractivity contribution in [1.29, 1.82) is 0 Å². The molecule has 0 radical (unpaired) electrons. The summed E-state index contributed by atoms with van der Waals surface area (Å²) >= 11 is 1.78. The van der Waals surface area contributed by atoms with Gasteiger partial charge in [0.1, 0.15) is 0 Å². The Morgan fingerprint density at radius 2 is 2.20 bits per heavy atom. The molecule has 3 heteroatoms. The first kappa shape index (κ1) is 11.1. The lowest BCUT2D eigenvalue weighted by Crippen LogP contribution is -2.34. The molecule has 0 bridgehead atoms. The van der Waals surface area contributed by atoms with E-state index in [1.807, 2.05) is 0 Å². The first-order chi connectivity index (χ1) is 7.05. The molecule has 1 aliphatic carbocycles. The summed E-state index contributed by atoms with van der Waals surface area (Å²) in [5, 5.41) is 6.97. The van der Waals surface area contributed by atoms with Gasteiger partial charge in [0, 0.05) is 23.4 Å². The third-order valence-corrected chi connectivity index (χ3v) is 4.19. The molecule has 0 atom stereocenters. The molecule has 0 amide bonds. The SMILES string of the molecule is CC(C)(C)c1nc(CNC2CCC2)cs1. The van der Waals surface area contributed by atoms with Gasteiger partial charge in [0.05, 0.1) is 10.7 Å². The highest BCUT2D eigenvalue weighted by Crippen LogP contribution is 2.26. The molecular formula is C12H20N2S. The molecule has 0 aromatic carbocycles. The van der Waals surface area contributed by atoms with Crippen LogP contribution in [-0.4, -0.2) is 11.0 Å². The van der Waals surface area contributed by atoms with E-state index >= 15 is 0 Å². The van der Waals surface area contributed by atoms with Gasteiger partial charge in [0.2, 0.25) is 0 Å². The summed E-state index contributed by atoms with van der Waals surface area (Å²) in [6.45, 7) is 7.59. The third kappa shape index (κ3) is 2.79. The molecule has 1 fully saturated rings. The maximum atomic E-state index is 4.67. The van der Waals surface area contributed by atoms with Crippen LogP contribution in [0.3, 0.4) is 0 Å². The van der Waals surface area contributed by atoms with Crippen molar-refractivity contribution in [2.45, 2.75) is 58.0 Å². The molecule has 0 aliphatic heterocycles. The first-order valence-electron chi connectivity index (χ1n) is 5.74. The van der Waals surface area contributed by atoms with Gasteiger partial charge in [-0.25, -0.2) is 4.98 Å². The van der Waals surface area contributed by atoms with E-state index in [4.69, 9.17) is 0 Å². The molecule has 1 saturated carbocycles. The Morgan fingerprint density at radius 3 is 2.67 bits per heavy atom. The molecule has 1 aromatic heterocycles. The summed E-state index contributed by atoms with van der Waals surface area (Å²) in [5.41, 5.74) is 1.40. The number of hydrogen-bond acceptors (Lipinski definition) is 3. The molecule has 1 heterocycles. The van der Waals surface area contributed by atoms with Gasteiger partial charge in [0.25, 0.3) is 0 Å². The van der Waals surface area contributed by atoms with Crippen LogP contribution in [0.1, 0.15) is 50.7 Å². The number of hydrogen-bond donors (Lipinski definition) is 1. The van der Waals surface area contributed by atoms with Crippen molar-refractivity contribution in [1.82, 2.24) is 10.3 Å². The largest absolute Gasteiger partial charge is 0.308 e. The van der Waals surface area contributed by atoms with Crippen LogP contribution in [0, 0.1) is 0 Å². The highest BCUT2D eigenvalue weighted by atomic mass is 32.1. The Balaban J connectivity index is 1.89. The minimum absolute atomic E-state index is 0.194. The molecule has 15 heavy (non-hydrogen) atoms. The lowest BCUT2D eigenvalue weighted by Gasteiger charge is -2.26. The molecule has 2 rings (SSSR count). The summed E-state index contributed by atoms with van der Waals surface area (Å²) < 4.78 is 0. The Bertz CT molecular complexity index is 321. The monoisotopic (exact) mass is 224 g/mol. The van der Waals surface area contributed by atoms with Crippen LogP contribution in [0.15, 0.2) is 5.38 Å². The predicted molar refractivity (Wildman–Crippen MR) is 65.3 cm³/mol. The van der Waals surface area contributed by atoms with E-state index in [1.165, 1.54) is 30.0 Å². The van der Waals surface area contributed by atoms with E-state index in [0.29, 0.717) is 0 Å². The summed E-state index contributed by atoms with van der Waals surface area (Å²) in [6.07, 6.45) is 4.08. The van der Waals surface area contributed by atoms with Crippen molar-refractivity contribution in [3.8, 4) is 0 Å². The Kier molecular flexibility index (Phi) is 3.12. The van der Waals surface area contributed by atoms with Gasteiger partial charge < -0.3 is 5.32 Å². The van der Waals surface area contributed by atoms with E-state index in [1.54, 1.807) is 11.3 Å². The average molecular weight is 224 g/mol. The number of aromatic nitrogens is 1. The number of nitrogens with one attached hydrogen (secondary N) is 1. The molecule has 1 aromatic rings. The van der Waals surface area contributed by atoms with E-state index < -0.39 is 0 Å². The van der Waals surface area contributed by atoms with Crippen LogP contribution in [0.4, 0.5) is 0 Å². The predicted octanol–water partition coefficient (Wildman–Crippen LogP) is 3.08. The topological polar surface area (TPSA) is 24.9 Å². The maximum absolute atomic E-state index is 4.67. The summed E-state index contributed by atoms with van der Waals surface area (Å²) in [4.78, 5) is 4.67. The van der Waals surface area contributed by atoms with E-state index in [2.05, 4.69) is 36.5 Å². The molecular weight excluding hydrogens is 204 g/mol. The standard InChI is InChI=1S/C12H20N2S/c1-12(2,3)11-14-10(8-15-11)7-13-9-5-4-6-9/h8-9,13H,4-7H2,1-3H3. The molecule has 0 saturated heterocycles. The minimum Gasteiger partial charge on any atom is -0.308 e. The molecule has 2 nitrogen and oxygen atoms in total. The van der Waals surface area contributed by atoms with Crippen LogP contribution < -0.4 is 5.32 Å². The van der Waals surface area contributed by atoms with Gasteiger partial charge in [-0.3, -0.25) is 0 Å². The van der Waals surface area contributed by atoms with Gasteiger partial charge in [-0.05, 0) is 12.8 Å². The quantitative estimate of drug-likeness (QED) is 0.853. The zero-order chi connectivity index (χ0) is 10.9. The zero-order valence-electron chi connectivity index (χ0n) is 9.84. The summed E-state index contributed by atoms with van der Waals surface area (Å²) in [7, 11) is 0.